The molecule has 1 unspecified atom stereocenters. The standard InChI is InChI=1S/C10H9NO2/c11-7-10(12)5-6-13-9-4-2-1-3-8(9)10/h1-4,12H,5-6H2. The van der Waals surface area contributed by atoms with Gasteiger partial charge in [-0.3, -0.25) is 0 Å². The molecule has 0 bridgehead atoms. The van der Waals surface area contributed by atoms with Crippen LogP contribution in [0.4, 0.5) is 0 Å². The Bertz CT molecular complexity index is 369. The van der Waals surface area contributed by atoms with Crippen molar-refractivity contribution in [3.8, 4) is 11.8 Å². The molecule has 66 valence electrons. The van der Waals surface area contributed by atoms with E-state index in [0.717, 1.165) is 0 Å². The molecule has 1 aromatic carbocycles. The maximum atomic E-state index is 9.89. The Morgan fingerprint density at radius 3 is 3.00 bits per heavy atom. The fourth-order valence-electron chi connectivity index (χ4n) is 1.49. The minimum absolute atomic E-state index is 0.334. The maximum Gasteiger partial charge on any atom is 0.183 e. The van der Waals surface area contributed by atoms with E-state index in [-0.39, 0.29) is 0 Å². The molecule has 13 heavy (non-hydrogen) atoms. The largest absolute Gasteiger partial charge is 0.493 e. The van der Waals surface area contributed by atoms with Crippen LogP contribution >= 0.6 is 0 Å². The van der Waals surface area contributed by atoms with Crippen LogP contribution in [0.25, 0.3) is 0 Å². The van der Waals surface area contributed by atoms with Gasteiger partial charge >= 0.3 is 0 Å². The molecule has 0 aromatic heterocycles. The van der Waals surface area contributed by atoms with Gasteiger partial charge in [-0.2, -0.15) is 5.26 Å². The van der Waals surface area contributed by atoms with Gasteiger partial charge in [-0.05, 0) is 6.07 Å². The van der Waals surface area contributed by atoms with E-state index in [4.69, 9.17) is 10.00 Å². The van der Waals surface area contributed by atoms with Gasteiger partial charge in [0.15, 0.2) is 5.60 Å². The summed E-state index contributed by atoms with van der Waals surface area (Å²) in [5, 5.41) is 18.7. The van der Waals surface area contributed by atoms with E-state index in [0.29, 0.717) is 24.3 Å². The Labute approximate surface area is 76.2 Å². The summed E-state index contributed by atoms with van der Waals surface area (Å²) in [6, 6.07) is 9.00. The summed E-state index contributed by atoms with van der Waals surface area (Å²) in [6.07, 6.45) is 0.334. The first-order valence-electron chi connectivity index (χ1n) is 4.12. The van der Waals surface area contributed by atoms with Crippen molar-refractivity contribution in [2.24, 2.45) is 0 Å². The zero-order valence-electron chi connectivity index (χ0n) is 7.03. The molecule has 1 N–H and O–H groups in total. The average Bonchev–Trinajstić information content (AvgIpc) is 2.19. The fraction of sp³-hybridized carbons (Fsp3) is 0.300. The summed E-state index contributed by atoms with van der Waals surface area (Å²) in [5.41, 5.74) is -0.793. The molecule has 1 aliphatic rings. The lowest BCUT2D eigenvalue weighted by Crippen LogP contribution is -2.30. The van der Waals surface area contributed by atoms with Crippen LogP contribution in [0.3, 0.4) is 0 Å². The lowest BCUT2D eigenvalue weighted by Gasteiger charge is -2.28. The molecule has 3 nitrogen and oxygen atoms in total. The van der Waals surface area contributed by atoms with Crippen LogP contribution in [0.1, 0.15) is 12.0 Å². The molecule has 0 aliphatic carbocycles. The number of fused-ring (bicyclic) bond motifs is 1. The maximum absolute atomic E-state index is 9.89. The smallest absolute Gasteiger partial charge is 0.183 e. The van der Waals surface area contributed by atoms with E-state index in [1.165, 1.54) is 0 Å². The molecule has 1 aromatic rings. The number of nitrogens with zero attached hydrogens (tertiary/aromatic N) is 1. The number of nitriles is 1. The quantitative estimate of drug-likeness (QED) is 0.602. The van der Waals surface area contributed by atoms with Crippen LogP contribution in [-0.4, -0.2) is 11.7 Å². The van der Waals surface area contributed by atoms with Gasteiger partial charge in [0.2, 0.25) is 0 Å². The van der Waals surface area contributed by atoms with Gasteiger partial charge in [0.05, 0.1) is 6.61 Å². The van der Waals surface area contributed by atoms with Crippen LogP contribution < -0.4 is 4.74 Å². The Morgan fingerprint density at radius 1 is 1.46 bits per heavy atom. The highest BCUT2D eigenvalue weighted by molar-refractivity contribution is 5.42. The van der Waals surface area contributed by atoms with Gasteiger partial charge < -0.3 is 9.84 Å². The minimum Gasteiger partial charge on any atom is -0.493 e. The first kappa shape index (κ1) is 8.09. The number of aliphatic hydroxyl groups is 1. The fourth-order valence-corrected chi connectivity index (χ4v) is 1.49. The number of benzene rings is 1. The second-order valence-electron chi connectivity index (χ2n) is 3.07. The van der Waals surface area contributed by atoms with Crippen molar-refractivity contribution in [3.05, 3.63) is 29.8 Å². The van der Waals surface area contributed by atoms with Crippen molar-refractivity contribution >= 4 is 0 Å². The van der Waals surface area contributed by atoms with Crippen LogP contribution in [0, 0.1) is 11.3 Å². The SMILES string of the molecule is N#CC1(O)CCOc2ccccc21. The third-order valence-corrected chi connectivity index (χ3v) is 2.24. The average molecular weight is 175 g/mol. The first-order valence-corrected chi connectivity index (χ1v) is 4.12. The van der Waals surface area contributed by atoms with Crippen molar-refractivity contribution in [1.82, 2.24) is 0 Å². The summed E-state index contributed by atoms with van der Waals surface area (Å²) in [6.45, 7) is 0.390. The monoisotopic (exact) mass is 175 g/mol. The Hall–Kier alpha value is -1.53. The Morgan fingerprint density at radius 2 is 2.23 bits per heavy atom. The molecule has 0 spiro atoms. The molecule has 0 saturated carbocycles. The number of para-hydroxylation sites is 1. The van der Waals surface area contributed by atoms with Crippen LogP contribution in [0.5, 0.6) is 5.75 Å². The zero-order chi connectivity index (χ0) is 9.31. The molecular weight excluding hydrogens is 166 g/mol. The van der Waals surface area contributed by atoms with Gasteiger partial charge in [-0.1, -0.05) is 18.2 Å². The molecule has 0 fully saturated rings. The third-order valence-electron chi connectivity index (χ3n) is 2.24. The van der Waals surface area contributed by atoms with Crippen molar-refractivity contribution in [3.63, 3.8) is 0 Å². The molecule has 2 rings (SSSR count). The second-order valence-corrected chi connectivity index (χ2v) is 3.07. The third kappa shape index (κ3) is 1.16. The summed E-state index contributed by atoms with van der Waals surface area (Å²) in [7, 11) is 0. The van der Waals surface area contributed by atoms with Crippen LogP contribution in [0.15, 0.2) is 24.3 Å². The zero-order valence-corrected chi connectivity index (χ0v) is 7.03. The first-order chi connectivity index (χ1) is 6.26. The molecular formula is C10H9NO2. The predicted octanol–water partition coefficient (Wildman–Crippen LogP) is 1.18. The highest BCUT2D eigenvalue weighted by Crippen LogP contribution is 2.35. The van der Waals surface area contributed by atoms with Gasteiger partial charge in [-0.25, -0.2) is 0 Å². The van der Waals surface area contributed by atoms with Crippen LogP contribution in [0.2, 0.25) is 0 Å². The summed E-state index contributed by atoms with van der Waals surface area (Å²) in [4.78, 5) is 0. The lowest BCUT2D eigenvalue weighted by atomic mass is 9.90. The van der Waals surface area contributed by atoms with Crippen molar-refractivity contribution in [2.75, 3.05) is 6.61 Å². The Balaban J connectivity index is 2.56. The molecule has 3 heteroatoms. The summed E-state index contributed by atoms with van der Waals surface area (Å²) < 4.78 is 5.31. The Kier molecular flexibility index (Phi) is 1.71. The van der Waals surface area contributed by atoms with Crippen LogP contribution in [-0.2, 0) is 5.60 Å². The molecule has 1 atom stereocenters. The normalized spacial score (nSPS) is 25.5. The van der Waals surface area contributed by atoms with Gasteiger partial charge in [-0.15, -0.1) is 0 Å². The number of hydrogen-bond donors (Lipinski definition) is 1. The van der Waals surface area contributed by atoms with E-state index in [2.05, 4.69) is 0 Å². The predicted molar refractivity (Wildman–Crippen MR) is 46.1 cm³/mol. The van der Waals surface area contributed by atoms with E-state index < -0.39 is 5.60 Å². The van der Waals surface area contributed by atoms with Crippen molar-refractivity contribution < 1.29 is 9.84 Å². The molecule has 0 saturated heterocycles. The number of ether oxygens (including phenoxy) is 1. The van der Waals surface area contributed by atoms with Crippen molar-refractivity contribution in [2.45, 2.75) is 12.0 Å². The molecule has 1 aliphatic heterocycles. The number of rotatable bonds is 0. The minimum atomic E-state index is -1.37. The highest BCUT2D eigenvalue weighted by atomic mass is 16.5. The number of hydrogen-bond acceptors (Lipinski definition) is 3. The molecule has 0 amide bonds. The molecule has 0 radical (unpaired) electrons. The summed E-state index contributed by atoms with van der Waals surface area (Å²) in [5.74, 6) is 0.609. The van der Waals surface area contributed by atoms with Gasteiger partial charge in [0, 0.05) is 12.0 Å². The molecule has 1 heterocycles. The van der Waals surface area contributed by atoms with Gasteiger partial charge in [0.25, 0.3) is 0 Å². The van der Waals surface area contributed by atoms with E-state index in [1.54, 1.807) is 18.2 Å². The lowest BCUT2D eigenvalue weighted by molar-refractivity contribution is 0.0492. The van der Waals surface area contributed by atoms with E-state index in [9.17, 15) is 5.11 Å². The van der Waals surface area contributed by atoms with Gasteiger partial charge in [0.1, 0.15) is 11.8 Å². The highest BCUT2D eigenvalue weighted by Gasteiger charge is 2.35. The van der Waals surface area contributed by atoms with E-state index >= 15 is 0 Å². The second kappa shape index (κ2) is 2.75. The van der Waals surface area contributed by atoms with Crippen molar-refractivity contribution in [1.29, 1.82) is 5.26 Å². The topological polar surface area (TPSA) is 53.2 Å². The van der Waals surface area contributed by atoms with E-state index in [1.807, 2.05) is 12.1 Å². The summed E-state index contributed by atoms with van der Waals surface area (Å²) >= 11 is 0.